The molecule has 0 bridgehead atoms. The van der Waals surface area contributed by atoms with Crippen LogP contribution < -0.4 is 121 Å². The van der Waals surface area contributed by atoms with E-state index in [0.717, 1.165) is 56.0 Å². The Morgan fingerprint density at radius 1 is 0.496 bits per heavy atom. The van der Waals surface area contributed by atoms with E-state index >= 15 is 0 Å². The number of carbonyl (C=O) groups is 7. The molecular formula is C63H73Br7Cl4F3FeKN15NaO37S3. The molecule has 0 atom stereocenters. The molecule has 0 spiro atoms. The molecule has 1 aromatic heterocycles. The fourth-order valence-electron chi connectivity index (χ4n) is 6.93. The summed E-state index contributed by atoms with van der Waals surface area (Å²) in [6, 6.07) is 18.0. The number of anilines is 4. The third kappa shape index (κ3) is 70.3. The molecule has 8 rings (SSSR count). The summed E-state index contributed by atoms with van der Waals surface area (Å²) < 4.78 is 135. The van der Waals surface area contributed by atoms with Crippen LogP contribution in [0.5, 0.6) is 0 Å². The summed E-state index contributed by atoms with van der Waals surface area (Å²) in [5.41, 5.74) is 22.4. The van der Waals surface area contributed by atoms with Crippen LogP contribution in [0, 0.1) is 72.9 Å². The number of methoxy groups -OCH3 is 5. The number of carboxylic acid groups (broad SMARTS) is 2. The second-order valence-electron chi connectivity index (χ2n) is 23.2. The van der Waals surface area contributed by atoms with E-state index in [2.05, 4.69) is 182 Å². The van der Waals surface area contributed by atoms with E-state index in [1.54, 1.807) is 18.2 Å². The van der Waals surface area contributed by atoms with Gasteiger partial charge in [-0.25, -0.2) is 42.2 Å². The van der Waals surface area contributed by atoms with Crippen molar-refractivity contribution < 1.29 is 253 Å². The molecule has 1 heterocycles. The van der Waals surface area contributed by atoms with Crippen molar-refractivity contribution in [2.75, 3.05) is 65.2 Å². The second kappa shape index (κ2) is 77.8. The first kappa shape index (κ1) is 153. The number of aromatic amines is 1. The van der Waals surface area contributed by atoms with Crippen molar-refractivity contribution in [3.8, 4) is 0 Å². The van der Waals surface area contributed by atoms with Gasteiger partial charge in [0, 0.05) is 112 Å². The zero-order valence-electron chi connectivity index (χ0n) is 70.6. The van der Waals surface area contributed by atoms with Crippen LogP contribution in [0.3, 0.4) is 0 Å². The number of hydrogen-bond acceptors (Lipinski definition) is 41. The van der Waals surface area contributed by atoms with Crippen LogP contribution in [-0.2, 0) is 75.8 Å². The number of H-pyrrole nitrogens is 1. The molecule has 8 aromatic rings. The number of rotatable bonds is 13. The molecule has 7 aromatic carbocycles. The van der Waals surface area contributed by atoms with Crippen molar-refractivity contribution in [3.63, 3.8) is 0 Å². The molecule has 0 fully saturated rings. The number of ether oxygens (including phenoxy) is 5. The number of aromatic nitrogens is 3. The predicted octanol–water partition coefficient (Wildman–Crippen LogP) is 9.06. The predicted molar refractivity (Wildman–Crippen MR) is 496 cm³/mol. The zero-order valence-corrected chi connectivity index (χ0v) is 93.5. The number of carboxylic acids is 2. The fraction of sp³-hybridized carbons (Fsp3) is 0.222. The summed E-state index contributed by atoms with van der Waals surface area (Å²) >= 11 is 21.4. The van der Waals surface area contributed by atoms with Crippen molar-refractivity contribution in [1.82, 2.24) is 21.6 Å². The monoisotopic (exact) mass is 2590 g/mol. The van der Waals surface area contributed by atoms with Gasteiger partial charge in [-0.15, -0.1) is 35.1 Å². The van der Waals surface area contributed by atoms with Gasteiger partial charge in [-0.2, -0.15) is 41.0 Å². The number of fused-ring (bicyclic) bond motifs is 1. The number of carbonyl (C=O) groups excluding carboxylic acids is 5. The van der Waals surface area contributed by atoms with Crippen molar-refractivity contribution in [2.45, 2.75) is 52.6 Å². The standard InChI is InChI=1S/C12H15BrN2O4.C8H5BrFNO4.C8H6BrN3O2.C8H7BrN2O4.C8H9BrN2O2.C7H3BrFNO4.C7H4BrFO2.C4H11N.CH4O.Cl2OS.2ClH.Fe.K.HNO3.HNO2.H3N.Na.2H2O4S/c1-12(2,3)14-9-6-8(13)7(11(16)19-4)5-10(9)15(17)18;1-15-8(12)4-2-7(11(13)14)6(10)3-5(4)9;1-14-8(13)4-2-6-7(3-5(4)9)11-12-10-6;1-15-8(12)4-2-7(11(13)14)6(10)3-5(4)9;1-13-8(12)4-2-6(10)7(11)3-5(4)9;8-4-2-5(9)6(10(13)14)1-3(4)7(11)12;8-6-3-4(9)1-2-5(6)7(10)11;1-4(2,3)5;1-2;1-4(2)3;;;;;2-1-4-3;2-1-3;;;2*1-5(2,3)4/h5-6,14H,1-4H3;2-3H,1H3;2-3H,1H3,(H,10,11,12);2-3H,10H2,1H3;2-3H,10-11H2,1H3;1-2H,(H,11,12);1-3H,(H,10,11);5H2,1-3H3;2H,1H3;;2*1H;;;3H;(H,2,3);1H3;;2*(H2,1,2,3,4)/q;;;;;;;;;;;;;+1;;;;+1;;/p-2. The summed E-state index contributed by atoms with van der Waals surface area (Å²) in [6.45, 7) is 11.6. The van der Waals surface area contributed by atoms with Crippen LogP contribution in [0.4, 0.5) is 58.7 Å². The number of nitro benzene ring substituents is 4. The fourth-order valence-corrected chi connectivity index (χ4v) is 10.5. The van der Waals surface area contributed by atoms with Gasteiger partial charge in [0.25, 0.3) is 11.4 Å². The van der Waals surface area contributed by atoms with Gasteiger partial charge in [-0.1, -0.05) is 0 Å². The van der Waals surface area contributed by atoms with Crippen LogP contribution in [-0.4, -0.2) is 185 Å². The Kier molecular flexibility index (Phi) is 88.4. The summed E-state index contributed by atoms with van der Waals surface area (Å²) in [5, 5.41) is 98.4. The number of benzene rings is 7. The smallest absolute Gasteiger partial charge is 0.635 e. The van der Waals surface area contributed by atoms with Crippen molar-refractivity contribution >= 4 is 286 Å². The second-order valence-corrected chi connectivity index (χ2v) is 33.5. The van der Waals surface area contributed by atoms with E-state index in [4.69, 9.17) is 97.8 Å². The Morgan fingerprint density at radius 3 is 1.02 bits per heavy atom. The molecule has 0 amide bonds. The summed E-state index contributed by atoms with van der Waals surface area (Å²) in [6.07, 6.45) is 0. The van der Waals surface area contributed by atoms with E-state index in [1.165, 1.54) is 64.1 Å². The number of aliphatic hydroxyl groups is 1. The Hall–Kier alpha value is -6.97. The van der Waals surface area contributed by atoms with Gasteiger partial charge in [-0.3, -0.25) is 58.7 Å². The van der Waals surface area contributed by atoms with Gasteiger partial charge in [0.2, 0.25) is 20.9 Å². The van der Waals surface area contributed by atoms with E-state index in [0.29, 0.717) is 63.2 Å². The number of hydrogen-bond donors (Lipinski definition) is 14. The van der Waals surface area contributed by atoms with Crippen LogP contribution >= 0.6 is 158 Å². The van der Waals surface area contributed by atoms with E-state index in [9.17, 15) is 87.2 Å². The topological polar surface area (TPSA) is 872 Å². The number of nitrogen functional groups attached to an aromatic ring is 3. The van der Waals surface area contributed by atoms with Gasteiger partial charge in [-0.05, 0) is 220 Å². The molecular weight excluding hydrogens is 2530 g/mol. The number of aliphatic hydroxyl groups excluding tert-OH is 1. The molecule has 0 aliphatic carbocycles. The molecule has 135 heavy (non-hydrogen) atoms. The molecule has 0 aliphatic heterocycles. The number of nitrogens with two attached hydrogens (primary N) is 4. The first-order valence-corrected chi connectivity index (χ1v) is 42.5. The van der Waals surface area contributed by atoms with Crippen LogP contribution in [0.1, 0.15) is 114 Å². The summed E-state index contributed by atoms with van der Waals surface area (Å²) in [5.74, 6) is -7.89. The number of esters is 5. The Bertz CT molecular complexity index is 5360. The average Bonchev–Trinajstić information content (AvgIpc) is 1.04. The van der Waals surface area contributed by atoms with Crippen molar-refractivity contribution in [2.24, 2.45) is 16.4 Å². The Morgan fingerprint density at radius 2 is 0.733 bits per heavy atom. The number of nitrogens with one attached hydrogen (secondary N) is 2. The molecule has 0 saturated carbocycles. The molecule has 0 radical (unpaired) electrons. The van der Waals surface area contributed by atoms with E-state index in [-0.39, 0.29) is 198 Å². The van der Waals surface area contributed by atoms with Gasteiger partial charge >= 0.3 is 155 Å². The number of aromatic carboxylic acids is 2. The van der Waals surface area contributed by atoms with Gasteiger partial charge in [0.15, 0.2) is 0 Å². The maximum atomic E-state index is 13.0. The SMILES string of the molecule is CC(C)(C)N.CO.COC(=O)c1cc(N)c(N)cc1Br.COC(=O)c1cc([N+](=O)[O-])c(F)cc1Br.COC(=O)c1cc([N+](=O)[O-])c(N)cc1Br.COC(=O)c1cc([N+](=O)[O-])c(NC(C)(C)C)cc1Br.COC(=O)c1cc2n[nH]nc2cc1Br.Cl.Cl.N.O=C(O)c1cc([N+](=O)[O-])c(F)cc1Br.O=C(O)c1ccc(F)cc1Br.O=NO[O-].O=N[O-].O=S(=O)(O)O.O=S(=O)(O)O.O=S(Cl)Cl.[Fe].[K+].[Na+]. The minimum Gasteiger partial charge on any atom is -0.635 e. The first-order valence-electron chi connectivity index (χ1n) is 31.4. The molecule has 0 aliphatic rings. The zero-order chi connectivity index (χ0) is 103. The molecule has 20 N–H and O–H groups in total. The Balaban J connectivity index is -0.000000124. The summed E-state index contributed by atoms with van der Waals surface area (Å²) in [4.78, 5) is 135. The maximum absolute atomic E-state index is 13.0. The third-order valence-corrected chi connectivity index (χ3v) is 16.2. The molecule has 748 valence electrons. The van der Waals surface area contributed by atoms with Crippen LogP contribution in [0.15, 0.2) is 133 Å². The Labute approximate surface area is 918 Å². The minimum atomic E-state index is -4.67. The van der Waals surface area contributed by atoms with E-state index < -0.39 is 120 Å². The molecule has 72 heteroatoms. The minimum absolute atomic E-state index is 0. The van der Waals surface area contributed by atoms with Gasteiger partial charge in [0.1, 0.15) is 33.6 Å². The first-order chi connectivity index (χ1) is 59.0. The van der Waals surface area contributed by atoms with Crippen molar-refractivity contribution in [1.29, 1.82) is 0 Å². The number of halogens is 14. The van der Waals surface area contributed by atoms with E-state index in [1.807, 2.05) is 41.5 Å². The molecule has 0 saturated heterocycles. The average molecular weight is 2600 g/mol. The van der Waals surface area contributed by atoms with Crippen LogP contribution in [0.2, 0.25) is 0 Å². The number of nitro groups is 4. The molecule has 52 nitrogen and oxygen atoms in total. The summed E-state index contributed by atoms with van der Waals surface area (Å²) in [7, 11) is 5.21. The van der Waals surface area contributed by atoms with Crippen LogP contribution in [0.25, 0.3) is 11.0 Å². The largest absolute Gasteiger partial charge is 1.00 e. The quantitative estimate of drug-likeness (QED) is 0.00489. The number of nitrogens with zero attached hydrogens (tertiary/aromatic N) is 8. The third-order valence-electron chi connectivity index (χ3n) is 11.6. The van der Waals surface area contributed by atoms with Crippen molar-refractivity contribution in [3.05, 3.63) is 234 Å². The van der Waals surface area contributed by atoms with Gasteiger partial charge < -0.3 is 93.8 Å². The molecule has 0 unspecified atom stereocenters. The maximum Gasteiger partial charge on any atom is 1.00 e. The normalized spacial score (nSPS) is 9.39. The van der Waals surface area contributed by atoms with Gasteiger partial charge in [0.05, 0.1) is 106 Å².